The first-order valence-corrected chi connectivity index (χ1v) is 10.0. The second-order valence-corrected chi connectivity index (χ2v) is 7.51. The van der Waals surface area contributed by atoms with Crippen LogP contribution in [0, 0.1) is 0 Å². The van der Waals surface area contributed by atoms with E-state index in [4.69, 9.17) is 0 Å². The topological polar surface area (TPSA) is 63.1 Å². The zero-order valence-electron chi connectivity index (χ0n) is 16.7. The quantitative estimate of drug-likeness (QED) is 0.622. The van der Waals surface area contributed by atoms with Gasteiger partial charge in [0, 0.05) is 26.1 Å². The number of halogens is 3. The van der Waals surface area contributed by atoms with Crippen molar-refractivity contribution in [2.45, 2.75) is 31.6 Å². The summed E-state index contributed by atoms with van der Waals surface area (Å²) in [5.74, 6) is 0.0379. The van der Waals surface area contributed by atoms with Crippen molar-refractivity contribution in [2.75, 3.05) is 13.1 Å². The lowest BCUT2D eigenvalue weighted by Crippen LogP contribution is -2.36. The number of amides is 1. The van der Waals surface area contributed by atoms with Crippen molar-refractivity contribution in [3.05, 3.63) is 77.9 Å². The highest BCUT2D eigenvalue weighted by Crippen LogP contribution is 2.31. The third-order valence-corrected chi connectivity index (χ3v) is 5.36. The average molecular weight is 429 g/mol. The molecule has 6 nitrogen and oxygen atoms in total. The number of benzene rings is 2. The minimum absolute atomic E-state index is 0.0379. The predicted molar refractivity (Wildman–Crippen MR) is 108 cm³/mol. The van der Waals surface area contributed by atoms with Crippen molar-refractivity contribution in [1.82, 2.24) is 25.0 Å². The Morgan fingerprint density at radius 2 is 1.94 bits per heavy atom. The molecule has 162 valence electrons. The van der Waals surface area contributed by atoms with Crippen LogP contribution in [0.2, 0.25) is 0 Å². The minimum Gasteiger partial charge on any atom is -0.341 e. The molecule has 1 saturated heterocycles. The first-order chi connectivity index (χ1) is 14.9. The van der Waals surface area contributed by atoms with Gasteiger partial charge < -0.3 is 10.2 Å². The smallest absolute Gasteiger partial charge is 0.341 e. The van der Waals surface area contributed by atoms with Gasteiger partial charge in [0.2, 0.25) is 5.91 Å². The van der Waals surface area contributed by atoms with Crippen LogP contribution >= 0.6 is 0 Å². The highest BCUT2D eigenvalue weighted by atomic mass is 19.4. The van der Waals surface area contributed by atoms with E-state index in [2.05, 4.69) is 15.4 Å². The van der Waals surface area contributed by atoms with Crippen molar-refractivity contribution < 1.29 is 18.0 Å². The molecule has 0 radical (unpaired) electrons. The number of alkyl halides is 3. The van der Waals surface area contributed by atoms with Gasteiger partial charge in [-0.2, -0.15) is 18.3 Å². The Kier molecular flexibility index (Phi) is 6.03. The Morgan fingerprint density at radius 3 is 2.58 bits per heavy atom. The third-order valence-electron chi connectivity index (χ3n) is 5.36. The number of hydrogen-bond donors (Lipinski definition) is 1. The molecule has 3 aromatic rings. The van der Waals surface area contributed by atoms with Crippen LogP contribution in [0.1, 0.15) is 35.6 Å². The molecule has 1 N–H and O–H groups in total. The largest absolute Gasteiger partial charge is 0.416 e. The molecule has 1 aliphatic rings. The summed E-state index contributed by atoms with van der Waals surface area (Å²) in [7, 11) is 0. The SMILES string of the molecule is O=C1CCCN1CC(NCc1ccc(-n2cncn2)cc1)c1cccc(C(F)(F)F)c1. The summed E-state index contributed by atoms with van der Waals surface area (Å²) in [6.45, 7) is 1.40. The van der Waals surface area contributed by atoms with E-state index in [0.717, 1.165) is 29.8 Å². The highest BCUT2D eigenvalue weighted by molar-refractivity contribution is 5.78. The maximum absolute atomic E-state index is 13.2. The maximum Gasteiger partial charge on any atom is 0.416 e. The van der Waals surface area contributed by atoms with E-state index in [1.54, 1.807) is 22.0 Å². The molecule has 0 saturated carbocycles. The highest BCUT2D eigenvalue weighted by Gasteiger charge is 2.31. The van der Waals surface area contributed by atoms with Crippen LogP contribution in [0.25, 0.3) is 5.69 Å². The van der Waals surface area contributed by atoms with Crippen LogP contribution < -0.4 is 5.32 Å². The third kappa shape index (κ3) is 5.11. The number of likely N-dealkylation sites (tertiary alicyclic amines) is 1. The first kappa shape index (κ1) is 21.0. The van der Waals surface area contributed by atoms with Gasteiger partial charge in [-0.15, -0.1) is 0 Å². The standard InChI is InChI=1S/C22H22F3N5O/c23-22(24,25)18-4-1-3-17(11-18)20(13-29-10-2-5-21(29)31)27-12-16-6-8-19(9-7-16)30-15-26-14-28-30/h1,3-4,6-9,11,14-15,20,27H,2,5,10,12-13H2. The number of aromatic nitrogens is 3. The van der Waals surface area contributed by atoms with Crippen molar-refractivity contribution >= 4 is 5.91 Å². The number of nitrogens with one attached hydrogen (secondary N) is 1. The second-order valence-electron chi connectivity index (χ2n) is 7.51. The molecule has 4 rings (SSSR count). The Balaban J connectivity index is 1.51. The minimum atomic E-state index is -4.42. The molecule has 0 spiro atoms. The van der Waals surface area contributed by atoms with Gasteiger partial charge in [-0.25, -0.2) is 9.67 Å². The Hall–Kier alpha value is -3.20. The molecule has 1 aliphatic heterocycles. The van der Waals surface area contributed by atoms with Crippen LogP contribution in [0.3, 0.4) is 0 Å². The summed E-state index contributed by atoms with van der Waals surface area (Å²) in [6.07, 6.45) is -0.100. The monoisotopic (exact) mass is 429 g/mol. The fraction of sp³-hybridized carbons (Fsp3) is 0.318. The number of nitrogens with zero attached hydrogens (tertiary/aromatic N) is 4. The molecule has 9 heteroatoms. The molecule has 0 bridgehead atoms. The second kappa shape index (κ2) is 8.89. The van der Waals surface area contributed by atoms with Crippen molar-refractivity contribution in [3.63, 3.8) is 0 Å². The van der Waals surface area contributed by atoms with Gasteiger partial charge in [0.15, 0.2) is 0 Å². The van der Waals surface area contributed by atoms with Crippen LogP contribution in [0.5, 0.6) is 0 Å². The lowest BCUT2D eigenvalue weighted by molar-refractivity contribution is -0.137. The van der Waals surface area contributed by atoms with E-state index >= 15 is 0 Å². The molecule has 1 fully saturated rings. The van der Waals surface area contributed by atoms with Crippen LogP contribution in [-0.4, -0.2) is 38.7 Å². The molecule has 0 aliphatic carbocycles. The molecular weight excluding hydrogens is 407 g/mol. The number of hydrogen-bond acceptors (Lipinski definition) is 4. The van der Waals surface area contributed by atoms with Gasteiger partial charge in [0.1, 0.15) is 12.7 Å². The van der Waals surface area contributed by atoms with Gasteiger partial charge >= 0.3 is 6.18 Å². The molecule has 2 heterocycles. The Bertz CT molecular complexity index is 1020. The summed E-state index contributed by atoms with van der Waals surface area (Å²) < 4.78 is 41.3. The van der Waals surface area contributed by atoms with E-state index in [0.29, 0.717) is 31.6 Å². The molecule has 1 aromatic heterocycles. The lowest BCUT2D eigenvalue weighted by Gasteiger charge is -2.26. The van der Waals surface area contributed by atoms with Crippen LogP contribution in [-0.2, 0) is 17.5 Å². The van der Waals surface area contributed by atoms with Gasteiger partial charge in [-0.3, -0.25) is 4.79 Å². The fourth-order valence-electron chi connectivity index (χ4n) is 3.69. The molecule has 1 unspecified atom stereocenters. The van der Waals surface area contributed by atoms with Crippen LogP contribution in [0.15, 0.2) is 61.2 Å². The molecule has 2 aromatic carbocycles. The number of carbonyl (C=O) groups excluding carboxylic acids is 1. The predicted octanol–water partition coefficient (Wildman–Crippen LogP) is 3.74. The van der Waals surface area contributed by atoms with E-state index in [1.165, 1.54) is 12.4 Å². The van der Waals surface area contributed by atoms with E-state index in [-0.39, 0.29) is 5.91 Å². The van der Waals surface area contributed by atoms with Gasteiger partial charge in [0.05, 0.1) is 17.3 Å². The van der Waals surface area contributed by atoms with Gasteiger partial charge in [-0.05, 0) is 41.8 Å². The molecule has 31 heavy (non-hydrogen) atoms. The summed E-state index contributed by atoms with van der Waals surface area (Å²) in [5, 5.41) is 7.42. The zero-order chi connectivity index (χ0) is 21.8. The summed E-state index contributed by atoms with van der Waals surface area (Å²) in [4.78, 5) is 17.7. The van der Waals surface area contributed by atoms with E-state index in [9.17, 15) is 18.0 Å². The molecule has 1 atom stereocenters. The molecule has 1 amide bonds. The van der Waals surface area contributed by atoms with Crippen LogP contribution in [0.4, 0.5) is 13.2 Å². The van der Waals surface area contributed by atoms with Crippen molar-refractivity contribution in [2.24, 2.45) is 0 Å². The molecular formula is C22H22F3N5O. The van der Waals surface area contributed by atoms with Gasteiger partial charge in [-0.1, -0.05) is 24.3 Å². The Labute approximate surface area is 177 Å². The number of carbonyl (C=O) groups is 1. The van der Waals surface area contributed by atoms with E-state index in [1.807, 2.05) is 24.3 Å². The zero-order valence-corrected chi connectivity index (χ0v) is 16.7. The fourth-order valence-corrected chi connectivity index (χ4v) is 3.69. The lowest BCUT2D eigenvalue weighted by atomic mass is 10.0. The first-order valence-electron chi connectivity index (χ1n) is 10.0. The summed E-state index contributed by atoms with van der Waals surface area (Å²) in [5.41, 5.74) is 1.64. The summed E-state index contributed by atoms with van der Waals surface area (Å²) in [6, 6.07) is 12.5. The van der Waals surface area contributed by atoms with Gasteiger partial charge in [0.25, 0.3) is 0 Å². The maximum atomic E-state index is 13.2. The Morgan fingerprint density at radius 1 is 1.13 bits per heavy atom. The van der Waals surface area contributed by atoms with Crippen molar-refractivity contribution in [3.8, 4) is 5.69 Å². The number of rotatable bonds is 7. The normalized spacial score (nSPS) is 15.5. The summed E-state index contributed by atoms with van der Waals surface area (Å²) >= 11 is 0. The average Bonchev–Trinajstić information content (AvgIpc) is 3.43. The van der Waals surface area contributed by atoms with E-state index < -0.39 is 17.8 Å². The van der Waals surface area contributed by atoms with Crippen molar-refractivity contribution in [1.29, 1.82) is 0 Å².